The normalized spacial score (nSPS) is 47.1. The van der Waals surface area contributed by atoms with Gasteiger partial charge in [0.05, 0.1) is 0 Å². The van der Waals surface area contributed by atoms with Gasteiger partial charge in [0.15, 0.2) is 0 Å². The van der Waals surface area contributed by atoms with E-state index in [4.69, 9.17) is 0 Å². The van der Waals surface area contributed by atoms with Crippen molar-refractivity contribution in [2.45, 2.75) is 40.0 Å². The van der Waals surface area contributed by atoms with Gasteiger partial charge in [0.1, 0.15) is 0 Å². The molecule has 12 heavy (non-hydrogen) atoms. The molecule has 0 amide bonds. The van der Waals surface area contributed by atoms with Crippen molar-refractivity contribution in [2.75, 3.05) is 0 Å². The molecule has 2 bridgehead atoms. The van der Waals surface area contributed by atoms with Crippen molar-refractivity contribution in [1.29, 1.82) is 0 Å². The van der Waals surface area contributed by atoms with Crippen LogP contribution in [-0.2, 0) is 0 Å². The molecule has 2 aliphatic carbocycles. The van der Waals surface area contributed by atoms with Crippen LogP contribution in [0.3, 0.4) is 0 Å². The Morgan fingerprint density at radius 1 is 1.17 bits per heavy atom. The number of fused-ring (bicyclic) bond motifs is 2. The Labute approximate surface area is 76.1 Å². The Balaban J connectivity index is 2.22. The molecule has 0 heteroatoms. The van der Waals surface area contributed by atoms with E-state index in [1.807, 2.05) is 0 Å². The standard InChI is InChI=1S/C12H20/c1-8-4-11-6-9(2)10(3)12(5-8)7-11/h5,8-11H,4,6-7H2,1-3H3. The molecular formula is C12H20. The van der Waals surface area contributed by atoms with E-state index in [9.17, 15) is 0 Å². The van der Waals surface area contributed by atoms with E-state index >= 15 is 0 Å². The van der Waals surface area contributed by atoms with Crippen LogP contribution in [0.15, 0.2) is 11.6 Å². The summed E-state index contributed by atoms with van der Waals surface area (Å²) in [6.45, 7) is 7.19. The Morgan fingerprint density at radius 3 is 2.67 bits per heavy atom. The zero-order chi connectivity index (χ0) is 8.72. The molecule has 0 heterocycles. The fourth-order valence-corrected chi connectivity index (χ4v) is 3.06. The van der Waals surface area contributed by atoms with Gasteiger partial charge in [-0.05, 0) is 42.9 Å². The molecule has 0 aromatic heterocycles. The smallest absolute Gasteiger partial charge is 0.0206 e. The van der Waals surface area contributed by atoms with E-state index in [1.54, 1.807) is 5.57 Å². The van der Waals surface area contributed by atoms with Crippen molar-refractivity contribution in [3.63, 3.8) is 0 Å². The highest BCUT2D eigenvalue weighted by Gasteiger charge is 2.31. The average molecular weight is 164 g/mol. The second-order valence-electron chi connectivity index (χ2n) is 5.03. The Morgan fingerprint density at radius 2 is 1.92 bits per heavy atom. The summed E-state index contributed by atoms with van der Waals surface area (Å²) in [6, 6.07) is 0. The van der Waals surface area contributed by atoms with Crippen LogP contribution in [-0.4, -0.2) is 0 Å². The van der Waals surface area contributed by atoms with Crippen LogP contribution in [0.25, 0.3) is 0 Å². The van der Waals surface area contributed by atoms with Gasteiger partial charge >= 0.3 is 0 Å². The molecule has 0 N–H and O–H groups in total. The first-order valence-electron chi connectivity index (χ1n) is 5.37. The third-order valence-electron chi connectivity index (χ3n) is 3.87. The average Bonchev–Trinajstić information content (AvgIpc) is 1.99. The van der Waals surface area contributed by atoms with Gasteiger partial charge in [0.25, 0.3) is 0 Å². The topological polar surface area (TPSA) is 0 Å². The highest BCUT2D eigenvalue weighted by molar-refractivity contribution is 5.15. The Hall–Kier alpha value is -0.260. The molecule has 1 saturated carbocycles. The van der Waals surface area contributed by atoms with Crippen LogP contribution in [0.5, 0.6) is 0 Å². The number of hydrogen-bond acceptors (Lipinski definition) is 0. The van der Waals surface area contributed by atoms with Crippen molar-refractivity contribution in [3.05, 3.63) is 11.6 Å². The van der Waals surface area contributed by atoms with Gasteiger partial charge in [0, 0.05) is 0 Å². The van der Waals surface area contributed by atoms with Crippen molar-refractivity contribution in [2.24, 2.45) is 23.7 Å². The van der Waals surface area contributed by atoms with E-state index in [2.05, 4.69) is 26.8 Å². The molecule has 4 unspecified atom stereocenters. The van der Waals surface area contributed by atoms with E-state index in [-0.39, 0.29) is 0 Å². The van der Waals surface area contributed by atoms with Crippen LogP contribution >= 0.6 is 0 Å². The largest absolute Gasteiger partial charge is 0.0822 e. The lowest BCUT2D eigenvalue weighted by Crippen LogP contribution is -2.27. The number of allylic oxidation sites excluding steroid dienone is 2. The SMILES string of the molecule is CC1C=C2CC(C1)CC(C)C2C. The molecule has 0 aliphatic heterocycles. The van der Waals surface area contributed by atoms with Crippen LogP contribution in [0.4, 0.5) is 0 Å². The first kappa shape index (κ1) is 8.34. The summed E-state index contributed by atoms with van der Waals surface area (Å²) >= 11 is 0. The second kappa shape index (κ2) is 2.90. The van der Waals surface area contributed by atoms with Gasteiger partial charge in [0.2, 0.25) is 0 Å². The third-order valence-corrected chi connectivity index (χ3v) is 3.87. The first-order valence-corrected chi connectivity index (χ1v) is 5.37. The molecular weight excluding hydrogens is 144 g/mol. The summed E-state index contributed by atoms with van der Waals surface area (Å²) in [6.07, 6.45) is 6.87. The summed E-state index contributed by atoms with van der Waals surface area (Å²) in [4.78, 5) is 0. The maximum Gasteiger partial charge on any atom is -0.0206 e. The molecule has 0 radical (unpaired) electrons. The molecule has 2 aliphatic rings. The van der Waals surface area contributed by atoms with Crippen LogP contribution in [0, 0.1) is 23.7 Å². The van der Waals surface area contributed by atoms with Crippen molar-refractivity contribution in [1.82, 2.24) is 0 Å². The Kier molecular flexibility index (Phi) is 2.02. The number of hydrogen-bond donors (Lipinski definition) is 0. The fourth-order valence-electron chi connectivity index (χ4n) is 3.06. The second-order valence-corrected chi connectivity index (χ2v) is 5.03. The van der Waals surface area contributed by atoms with Crippen molar-refractivity contribution in [3.8, 4) is 0 Å². The maximum atomic E-state index is 2.54. The minimum atomic E-state index is 0.855. The first-order chi connectivity index (χ1) is 5.66. The molecule has 2 rings (SSSR count). The zero-order valence-corrected chi connectivity index (χ0v) is 8.51. The zero-order valence-electron chi connectivity index (χ0n) is 8.51. The van der Waals surface area contributed by atoms with Gasteiger partial charge in [-0.25, -0.2) is 0 Å². The summed E-state index contributed by atoms with van der Waals surface area (Å²) in [5, 5.41) is 0. The minimum absolute atomic E-state index is 0.855. The van der Waals surface area contributed by atoms with E-state index < -0.39 is 0 Å². The minimum Gasteiger partial charge on any atom is -0.0822 e. The molecule has 0 saturated heterocycles. The van der Waals surface area contributed by atoms with Gasteiger partial charge in [-0.3, -0.25) is 0 Å². The summed E-state index contributed by atoms with van der Waals surface area (Å²) in [7, 11) is 0. The van der Waals surface area contributed by atoms with Crippen LogP contribution in [0.1, 0.15) is 40.0 Å². The monoisotopic (exact) mass is 164 g/mol. The van der Waals surface area contributed by atoms with E-state index in [0.29, 0.717) is 0 Å². The van der Waals surface area contributed by atoms with Crippen LogP contribution < -0.4 is 0 Å². The summed E-state index contributed by atoms with van der Waals surface area (Å²) in [5.74, 6) is 3.67. The molecule has 4 atom stereocenters. The molecule has 0 nitrogen and oxygen atoms in total. The van der Waals surface area contributed by atoms with E-state index in [1.165, 1.54) is 19.3 Å². The number of rotatable bonds is 0. The molecule has 68 valence electrons. The lowest BCUT2D eigenvalue weighted by atomic mass is 9.66. The third kappa shape index (κ3) is 1.32. The van der Waals surface area contributed by atoms with Gasteiger partial charge in [-0.1, -0.05) is 32.4 Å². The molecule has 0 spiro atoms. The predicted octanol–water partition coefficient (Wildman–Crippen LogP) is 3.63. The lowest BCUT2D eigenvalue weighted by Gasteiger charge is -2.39. The summed E-state index contributed by atoms with van der Waals surface area (Å²) in [5.41, 5.74) is 1.76. The molecule has 0 aromatic rings. The van der Waals surface area contributed by atoms with Gasteiger partial charge in [-0.15, -0.1) is 0 Å². The quantitative estimate of drug-likeness (QED) is 0.479. The highest BCUT2D eigenvalue weighted by atomic mass is 14.4. The maximum absolute atomic E-state index is 2.54. The van der Waals surface area contributed by atoms with Crippen LogP contribution in [0.2, 0.25) is 0 Å². The highest BCUT2D eigenvalue weighted by Crippen LogP contribution is 2.43. The Bertz CT molecular complexity index is 202. The van der Waals surface area contributed by atoms with Gasteiger partial charge < -0.3 is 0 Å². The predicted molar refractivity (Wildman–Crippen MR) is 52.9 cm³/mol. The fraction of sp³-hybridized carbons (Fsp3) is 0.833. The summed E-state index contributed by atoms with van der Waals surface area (Å²) < 4.78 is 0. The van der Waals surface area contributed by atoms with E-state index in [0.717, 1.165) is 23.7 Å². The molecule has 1 fully saturated rings. The molecule has 0 aromatic carbocycles. The van der Waals surface area contributed by atoms with Crippen molar-refractivity contribution >= 4 is 0 Å². The van der Waals surface area contributed by atoms with Gasteiger partial charge in [-0.2, -0.15) is 0 Å². The lowest BCUT2D eigenvalue weighted by molar-refractivity contribution is 0.229. The van der Waals surface area contributed by atoms with Crippen molar-refractivity contribution < 1.29 is 0 Å².